The lowest BCUT2D eigenvalue weighted by molar-refractivity contribution is -0.0429. The third-order valence-electron chi connectivity index (χ3n) is 2.53. The van der Waals surface area contributed by atoms with Crippen molar-refractivity contribution in [1.29, 1.82) is 0 Å². The molecule has 1 N–H and O–H groups in total. The Labute approximate surface area is 120 Å². The Bertz CT molecular complexity index is 640. The van der Waals surface area contributed by atoms with E-state index in [2.05, 4.69) is 5.16 Å². The zero-order chi connectivity index (χ0) is 16.3. The Morgan fingerprint density at radius 2 is 2.00 bits per heavy atom. The molecule has 1 rings (SSSR count). The smallest absolute Gasteiger partial charge is 0.396 e. The fraction of sp³-hybridized carbons (Fsp3) is 0.417. The molecule has 0 fully saturated rings. The van der Waals surface area contributed by atoms with Crippen LogP contribution in [0.5, 0.6) is 0 Å². The van der Waals surface area contributed by atoms with Crippen molar-refractivity contribution in [2.45, 2.75) is 26.3 Å². The highest BCUT2D eigenvalue weighted by atomic mass is 32.2. The van der Waals surface area contributed by atoms with E-state index in [1.54, 1.807) is 17.7 Å². The second-order valence-electron chi connectivity index (χ2n) is 4.14. The summed E-state index contributed by atoms with van der Waals surface area (Å²) in [6.45, 7) is 4.98. The van der Waals surface area contributed by atoms with Crippen LogP contribution in [0.1, 0.15) is 25.0 Å². The molecule has 0 radical (unpaired) electrons. The molecule has 9 heteroatoms. The van der Waals surface area contributed by atoms with Crippen LogP contribution in [-0.4, -0.2) is 26.2 Å². The molecule has 0 unspecified atom stereocenters. The number of hydrogen-bond donors (Lipinski definition) is 1. The highest BCUT2D eigenvalue weighted by Crippen LogP contribution is 2.29. The molecular formula is C12H15F3N2O3S. The van der Waals surface area contributed by atoms with Gasteiger partial charge >= 0.3 is 15.5 Å². The maximum Gasteiger partial charge on any atom is 0.516 e. The number of halogens is 3. The molecule has 118 valence electrons. The average molecular weight is 324 g/mol. The van der Waals surface area contributed by atoms with Gasteiger partial charge < -0.3 is 4.84 Å². The highest BCUT2D eigenvalue weighted by molar-refractivity contribution is 7.93. The van der Waals surface area contributed by atoms with Crippen molar-refractivity contribution in [3.63, 3.8) is 0 Å². The number of benzene rings is 1. The largest absolute Gasteiger partial charge is 0.516 e. The Kier molecular flexibility index (Phi) is 5.21. The fourth-order valence-corrected chi connectivity index (χ4v) is 2.16. The zero-order valence-corrected chi connectivity index (χ0v) is 12.5. The van der Waals surface area contributed by atoms with Crippen LogP contribution in [0.2, 0.25) is 0 Å². The number of hydrogen-bond acceptors (Lipinski definition) is 4. The Morgan fingerprint density at radius 3 is 2.52 bits per heavy atom. The lowest BCUT2D eigenvalue weighted by Gasteiger charge is -2.16. The molecule has 0 spiro atoms. The number of aryl methyl sites for hydroxylation is 1. The minimum absolute atomic E-state index is 0.171. The van der Waals surface area contributed by atoms with Gasteiger partial charge in [0.2, 0.25) is 0 Å². The molecule has 0 aliphatic rings. The first-order valence-electron chi connectivity index (χ1n) is 5.95. The summed E-state index contributed by atoms with van der Waals surface area (Å²) in [6.07, 6.45) is 0. The Morgan fingerprint density at radius 1 is 1.38 bits per heavy atom. The molecule has 0 bridgehead atoms. The van der Waals surface area contributed by atoms with E-state index in [1.165, 1.54) is 26.0 Å². The predicted octanol–water partition coefficient (Wildman–Crippen LogP) is 3.02. The summed E-state index contributed by atoms with van der Waals surface area (Å²) >= 11 is 0. The SMILES string of the molecule is CCO/N=C(\C)c1cccc(C)c1NS(=O)(=O)C(F)(F)F. The van der Waals surface area contributed by atoms with Gasteiger partial charge in [-0.1, -0.05) is 23.4 Å². The quantitative estimate of drug-likeness (QED) is 0.669. The Hall–Kier alpha value is -1.77. The van der Waals surface area contributed by atoms with Gasteiger partial charge in [-0.25, -0.2) is 0 Å². The van der Waals surface area contributed by atoms with Gasteiger partial charge in [-0.05, 0) is 26.3 Å². The Balaban J connectivity index is 3.31. The summed E-state index contributed by atoms with van der Waals surface area (Å²) in [5, 5.41) is 3.71. The van der Waals surface area contributed by atoms with Crippen LogP contribution in [0.4, 0.5) is 18.9 Å². The number of oxime groups is 1. The number of alkyl halides is 3. The molecule has 1 aromatic rings. The normalized spacial score (nSPS) is 13.1. The highest BCUT2D eigenvalue weighted by Gasteiger charge is 2.46. The van der Waals surface area contributed by atoms with E-state index in [4.69, 9.17) is 4.84 Å². The van der Waals surface area contributed by atoms with E-state index in [-0.39, 0.29) is 23.6 Å². The second-order valence-corrected chi connectivity index (χ2v) is 5.82. The van der Waals surface area contributed by atoms with E-state index in [9.17, 15) is 21.6 Å². The van der Waals surface area contributed by atoms with Crippen LogP contribution in [0.25, 0.3) is 0 Å². The summed E-state index contributed by atoms with van der Waals surface area (Å²) < 4.78 is 61.5. The maximum absolute atomic E-state index is 12.5. The standard InChI is InChI=1S/C12H15F3N2O3S/c1-4-20-16-9(3)10-7-5-6-8(2)11(10)17-21(18,19)12(13,14)15/h5-7,17H,4H2,1-3H3/b16-9+. The van der Waals surface area contributed by atoms with Gasteiger partial charge in [-0.2, -0.15) is 21.6 Å². The molecular weight excluding hydrogens is 309 g/mol. The van der Waals surface area contributed by atoms with E-state index in [1.807, 2.05) is 0 Å². The van der Waals surface area contributed by atoms with Crippen molar-refractivity contribution >= 4 is 21.4 Å². The van der Waals surface area contributed by atoms with Crippen LogP contribution in [0.3, 0.4) is 0 Å². The van der Waals surface area contributed by atoms with E-state index >= 15 is 0 Å². The van der Waals surface area contributed by atoms with Crippen molar-refractivity contribution in [2.75, 3.05) is 11.3 Å². The number of sulfonamides is 1. The van der Waals surface area contributed by atoms with Gasteiger partial charge in [-0.15, -0.1) is 0 Å². The first-order chi connectivity index (χ1) is 9.60. The van der Waals surface area contributed by atoms with Crippen molar-refractivity contribution < 1.29 is 26.4 Å². The van der Waals surface area contributed by atoms with Gasteiger partial charge in [0, 0.05) is 5.56 Å². The van der Waals surface area contributed by atoms with Crippen molar-refractivity contribution in [3.05, 3.63) is 29.3 Å². The monoisotopic (exact) mass is 324 g/mol. The molecule has 0 aliphatic carbocycles. The summed E-state index contributed by atoms with van der Waals surface area (Å²) in [7, 11) is -5.50. The molecule has 0 heterocycles. The molecule has 0 amide bonds. The van der Waals surface area contributed by atoms with Gasteiger partial charge in [0.15, 0.2) is 0 Å². The van der Waals surface area contributed by atoms with Crippen LogP contribution in [0.15, 0.2) is 23.4 Å². The van der Waals surface area contributed by atoms with Gasteiger partial charge in [0.1, 0.15) is 6.61 Å². The molecule has 0 atom stereocenters. The molecule has 0 saturated carbocycles. The van der Waals surface area contributed by atoms with Crippen LogP contribution >= 0.6 is 0 Å². The molecule has 5 nitrogen and oxygen atoms in total. The van der Waals surface area contributed by atoms with Crippen molar-refractivity contribution in [3.8, 4) is 0 Å². The predicted molar refractivity (Wildman–Crippen MR) is 73.6 cm³/mol. The third-order valence-corrected chi connectivity index (χ3v) is 3.62. The van der Waals surface area contributed by atoms with Crippen LogP contribution < -0.4 is 4.72 Å². The van der Waals surface area contributed by atoms with Crippen molar-refractivity contribution in [2.24, 2.45) is 5.16 Å². The fourth-order valence-electron chi connectivity index (χ4n) is 1.51. The molecule has 0 saturated heterocycles. The minimum atomic E-state index is -5.50. The number of nitrogens with zero attached hydrogens (tertiary/aromatic N) is 1. The average Bonchev–Trinajstić information content (AvgIpc) is 2.36. The summed E-state index contributed by atoms with van der Waals surface area (Å²) in [5.74, 6) is 0. The maximum atomic E-state index is 12.5. The first-order valence-corrected chi connectivity index (χ1v) is 7.44. The molecule has 0 aromatic heterocycles. The number of anilines is 1. The summed E-state index contributed by atoms with van der Waals surface area (Å²) in [6, 6.07) is 4.53. The summed E-state index contributed by atoms with van der Waals surface area (Å²) in [4.78, 5) is 4.83. The van der Waals surface area contributed by atoms with Gasteiger partial charge in [-0.3, -0.25) is 4.72 Å². The van der Waals surface area contributed by atoms with E-state index in [0.717, 1.165) is 0 Å². The topological polar surface area (TPSA) is 67.8 Å². The molecule has 21 heavy (non-hydrogen) atoms. The zero-order valence-electron chi connectivity index (χ0n) is 11.7. The van der Waals surface area contributed by atoms with Crippen molar-refractivity contribution in [1.82, 2.24) is 0 Å². The number of para-hydroxylation sites is 1. The van der Waals surface area contributed by atoms with Crippen LogP contribution in [-0.2, 0) is 14.9 Å². The van der Waals surface area contributed by atoms with E-state index < -0.39 is 15.5 Å². The lowest BCUT2D eigenvalue weighted by Crippen LogP contribution is -2.30. The third kappa shape index (κ3) is 4.10. The first kappa shape index (κ1) is 17.3. The summed E-state index contributed by atoms with van der Waals surface area (Å²) in [5.41, 5.74) is -4.74. The minimum Gasteiger partial charge on any atom is -0.396 e. The van der Waals surface area contributed by atoms with E-state index in [0.29, 0.717) is 5.56 Å². The molecule has 1 aromatic carbocycles. The van der Waals surface area contributed by atoms with Gasteiger partial charge in [0.05, 0.1) is 11.4 Å². The van der Waals surface area contributed by atoms with Gasteiger partial charge in [0.25, 0.3) is 0 Å². The number of nitrogens with one attached hydrogen (secondary N) is 1. The molecule has 0 aliphatic heterocycles. The number of rotatable bonds is 5. The van der Waals surface area contributed by atoms with Crippen LogP contribution in [0, 0.1) is 6.92 Å². The second kappa shape index (κ2) is 6.33. The lowest BCUT2D eigenvalue weighted by atomic mass is 10.1.